The van der Waals surface area contributed by atoms with Crippen LogP contribution in [-0.4, -0.2) is 26.9 Å². The molecule has 114 valence electrons. The number of nitrogens with two attached hydrogens (primary N) is 1. The van der Waals surface area contributed by atoms with Gasteiger partial charge in [0.2, 0.25) is 11.0 Å². The minimum absolute atomic E-state index is 0.0171. The Bertz CT molecular complexity index is 539. The average molecular weight is 303 g/mol. The van der Waals surface area contributed by atoms with Crippen LogP contribution in [0.1, 0.15) is 32.4 Å². The quantitative estimate of drug-likeness (QED) is 0.598. The standard InChI is InChI=1S/C12H21N3O4S/c1-3-9(2)15-11(16)6-7-14-8-10-4-5-12(19-10)20(13,17)18/h4-5,9,14H,3,6-8H2,1-2H3,(H,15,16)(H2,13,17,18). The summed E-state index contributed by atoms with van der Waals surface area (Å²) in [4.78, 5) is 11.5. The van der Waals surface area contributed by atoms with Crippen LogP contribution in [0.3, 0.4) is 0 Å². The minimum atomic E-state index is -3.80. The zero-order chi connectivity index (χ0) is 15.2. The van der Waals surface area contributed by atoms with Crippen LogP contribution < -0.4 is 15.8 Å². The van der Waals surface area contributed by atoms with Crippen LogP contribution in [0, 0.1) is 0 Å². The van der Waals surface area contributed by atoms with Gasteiger partial charge in [0.05, 0.1) is 6.54 Å². The maximum atomic E-state index is 11.5. The Morgan fingerprint density at radius 1 is 1.45 bits per heavy atom. The maximum absolute atomic E-state index is 11.5. The van der Waals surface area contributed by atoms with E-state index in [4.69, 9.17) is 9.56 Å². The van der Waals surface area contributed by atoms with Crippen molar-refractivity contribution in [3.05, 3.63) is 17.9 Å². The highest BCUT2D eigenvalue weighted by Crippen LogP contribution is 2.11. The van der Waals surface area contributed by atoms with E-state index in [1.54, 1.807) is 0 Å². The molecule has 4 N–H and O–H groups in total. The third-order valence-corrected chi connectivity index (χ3v) is 3.55. The molecule has 0 bridgehead atoms. The van der Waals surface area contributed by atoms with E-state index in [9.17, 15) is 13.2 Å². The molecule has 7 nitrogen and oxygen atoms in total. The average Bonchev–Trinajstić information content (AvgIpc) is 2.83. The predicted octanol–water partition coefficient (Wildman–Crippen LogP) is 0.321. The third kappa shape index (κ3) is 5.72. The van der Waals surface area contributed by atoms with E-state index in [0.717, 1.165) is 6.42 Å². The number of rotatable bonds is 8. The van der Waals surface area contributed by atoms with E-state index in [0.29, 0.717) is 25.3 Å². The van der Waals surface area contributed by atoms with E-state index >= 15 is 0 Å². The van der Waals surface area contributed by atoms with Crippen molar-refractivity contribution in [1.29, 1.82) is 0 Å². The van der Waals surface area contributed by atoms with Gasteiger partial charge in [-0.25, -0.2) is 13.6 Å². The fraction of sp³-hybridized carbons (Fsp3) is 0.583. The second-order valence-corrected chi connectivity index (χ2v) is 6.06. The lowest BCUT2D eigenvalue weighted by Gasteiger charge is -2.11. The summed E-state index contributed by atoms with van der Waals surface area (Å²) in [6.45, 7) is 4.77. The summed E-state index contributed by atoms with van der Waals surface area (Å²) in [6.07, 6.45) is 1.25. The smallest absolute Gasteiger partial charge is 0.271 e. The molecule has 0 radical (unpaired) electrons. The molecular weight excluding hydrogens is 282 g/mol. The SMILES string of the molecule is CCC(C)NC(=O)CCNCc1ccc(S(N)(=O)=O)o1. The topological polar surface area (TPSA) is 114 Å². The minimum Gasteiger partial charge on any atom is -0.447 e. The molecule has 0 saturated heterocycles. The number of amides is 1. The van der Waals surface area contributed by atoms with E-state index < -0.39 is 10.0 Å². The molecule has 1 aromatic heterocycles. The van der Waals surface area contributed by atoms with Gasteiger partial charge < -0.3 is 15.1 Å². The molecule has 0 aliphatic heterocycles. The van der Waals surface area contributed by atoms with Gasteiger partial charge in [-0.2, -0.15) is 0 Å². The van der Waals surface area contributed by atoms with Gasteiger partial charge in [0.25, 0.3) is 10.0 Å². The first-order chi connectivity index (χ1) is 9.32. The number of carbonyl (C=O) groups is 1. The molecule has 20 heavy (non-hydrogen) atoms. The molecule has 1 rings (SSSR count). The molecule has 1 aromatic rings. The lowest BCUT2D eigenvalue weighted by atomic mass is 10.2. The monoisotopic (exact) mass is 303 g/mol. The highest BCUT2D eigenvalue weighted by atomic mass is 32.2. The number of nitrogens with one attached hydrogen (secondary N) is 2. The molecule has 0 saturated carbocycles. The van der Waals surface area contributed by atoms with E-state index in [1.807, 2.05) is 13.8 Å². The Kier molecular flexibility index (Phi) is 6.18. The van der Waals surface area contributed by atoms with Gasteiger partial charge in [-0.1, -0.05) is 6.92 Å². The van der Waals surface area contributed by atoms with Crippen LogP contribution in [0.2, 0.25) is 0 Å². The van der Waals surface area contributed by atoms with E-state index in [-0.39, 0.29) is 17.0 Å². The molecule has 0 aliphatic carbocycles. The summed E-state index contributed by atoms with van der Waals surface area (Å²) >= 11 is 0. The number of furan rings is 1. The van der Waals surface area contributed by atoms with Crippen molar-refractivity contribution in [1.82, 2.24) is 10.6 Å². The fourth-order valence-corrected chi connectivity index (χ4v) is 1.95. The summed E-state index contributed by atoms with van der Waals surface area (Å²) in [5.74, 6) is 0.438. The number of hydrogen-bond donors (Lipinski definition) is 3. The summed E-state index contributed by atoms with van der Waals surface area (Å²) in [5, 5.41) is 10.5. The predicted molar refractivity (Wildman–Crippen MR) is 74.3 cm³/mol. The van der Waals surface area contributed by atoms with Gasteiger partial charge in [-0.05, 0) is 25.5 Å². The first kappa shape index (κ1) is 16.7. The molecule has 1 atom stereocenters. The summed E-state index contributed by atoms with van der Waals surface area (Å²) in [6, 6.07) is 3.01. The van der Waals surface area contributed by atoms with Gasteiger partial charge >= 0.3 is 0 Å². The second kappa shape index (κ2) is 7.41. The zero-order valence-electron chi connectivity index (χ0n) is 11.7. The highest BCUT2D eigenvalue weighted by molar-refractivity contribution is 7.89. The molecule has 0 aromatic carbocycles. The normalized spacial score (nSPS) is 13.2. The van der Waals surface area contributed by atoms with Crippen LogP contribution in [0.25, 0.3) is 0 Å². The summed E-state index contributed by atoms with van der Waals surface area (Å²) in [5.41, 5.74) is 0. The van der Waals surface area contributed by atoms with Crippen molar-refractivity contribution >= 4 is 15.9 Å². The van der Waals surface area contributed by atoms with Crippen LogP contribution in [-0.2, 0) is 21.4 Å². The molecule has 0 aliphatic rings. The largest absolute Gasteiger partial charge is 0.447 e. The lowest BCUT2D eigenvalue weighted by molar-refractivity contribution is -0.121. The Labute approximate surface area is 119 Å². The Morgan fingerprint density at radius 3 is 2.70 bits per heavy atom. The van der Waals surface area contributed by atoms with Crippen molar-refractivity contribution in [2.45, 2.75) is 44.4 Å². The number of primary sulfonamides is 1. The van der Waals surface area contributed by atoms with Gasteiger partial charge in [-0.15, -0.1) is 0 Å². The zero-order valence-corrected chi connectivity index (χ0v) is 12.5. The van der Waals surface area contributed by atoms with Crippen molar-refractivity contribution in [3.8, 4) is 0 Å². The molecule has 1 amide bonds. The van der Waals surface area contributed by atoms with Gasteiger partial charge in [0, 0.05) is 19.0 Å². The van der Waals surface area contributed by atoms with Crippen LogP contribution in [0.5, 0.6) is 0 Å². The summed E-state index contributed by atoms with van der Waals surface area (Å²) < 4.78 is 27.1. The van der Waals surface area contributed by atoms with Crippen LogP contribution >= 0.6 is 0 Å². The fourth-order valence-electron chi connectivity index (χ4n) is 1.47. The van der Waals surface area contributed by atoms with Crippen molar-refractivity contribution in [2.24, 2.45) is 5.14 Å². The number of sulfonamides is 1. The Morgan fingerprint density at radius 2 is 2.15 bits per heavy atom. The molecule has 1 heterocycles. The highest BCUT2D eigenvalue weighted by Gasteiger charge is 2.13. The number of carbonyl (C=O) groups excluding carboxylic acids is 1. The van der Waals surface area contributed by atoms with Crippen LogP contribution in [0.15, 0.2) is 21.6 Å². The first-order valence-corrected chi connectivity index (χ1v) is 7.99. The first-order valence-electron chi connectivity index (χ1n) is 6.44. The van der Waals surface area contributed by atoms with Crippen molar-refractivity contribution in [2.75, 3.05) is 6.54 Å². The number of hydrogen-bond acceptors (Lipinski definition) is 5. The molecule has 8 heteroatoms. The van der Waals surface area contributed by atoms with E-state index in [2.05, 4.69) is 10.6 Å². The van der Waals surface area contributed by atoms with Gasteiger partial charge in [0.15, 0.2) is 0 Å². The van der Waals surface area contributed by atoms with Gasteiger partial charge in [-0.3, -0.25) is 4.79 Å². The lowest BCUT2D eigenvalue weighted by Crippen LogP contribution is -2.33. The maximum Gasteiger partial charge on any atom is 0.271 e. The van der Waals surface area contributed by atoms with Crippen molar-refractivity contribution < 1.29 is 17.6 Å². The molecule has 0 spiro atoms. The van der Waals surface area contributed by atoms with Crippen molar-refractivity contribution in [3.63, 3.8) is 0 Å². The molecule has 0 fully saturated rings. The molecule has 1 unspecified atom stereocenters. The molecular formula is C12H21N3O4S. The van der Waals surface area contributed by atoms with Crippen LogP contribution in [0.4, 0.5) is 0 Å². The second-order valence-electron chi connectivity index (χ2n) is 4.57. The van der Waals surface area contributed by atoms with E-state index in [1.165, 1.54) is 12.1 Å². The van der Waals surface area contributed by atoms with Gasteiger partial charge in [0.1, 0.15) is 5.76 Å². The Hall–Kier alpha value is -1.38. The Balaban J connectivity index is 2.28. The summed E-state index contributed by atoms with van der Waals surface area (Å²) in [7, 11) is -3.80. The third-order valence-electron chi connectivity index (χ3n) is 2.77.